The van der Waals surface area contributed by atoms with Crippen LogP contribution in [-0.4, -0.2) is 30.7 Å². The molecule has 4 N–H and O–H groups in total. The van der Waals surface area contributed by atoms with Gasteiger partial charge in [-0.1, -0.05) is 13.3 Å². The summed E-state index contributed by atoms with van der Waals surface area (Å²) in [6, 6.07) is 4.50. The van der Waals surface area contributed by atoms with Crippen LogP contribution in [0.15, 0.2) is 18.2 Å². The second-order valence-electron chi connectivity index (χ2n) is 4.08. The van der Waals surface area contributed by atoms with Crippen molar-refractivity contribution in [3.63, 3.8) is 0 Å². The normalized spacial score (nSPS) is 11.9. The summed E-state index contributed by atoms with van der Waals surface area (Å²) in [7, 11) is 1.50. The van der Waals surface area contributed by atoms with Crippen LogP contribution in [0.5, 0.6) is 11.5 Å². The van der Waals surface area contributed by atoms with Gasteiger partial charge in [-0.15, -0.1) is 0 Å². The van der Waals surface area contributed by atoms with Crippen LogP contribution < -0.4 is 15.8 Å². The van der Waals surface area contributed by atoms with Gasteiger partial charge in [0.05, 0.1) is 12.7 Å². The first-order chi connectivity index (χ1) is 8.62. The Morgan fingerprint density at radius 3 is 2.78 bits per heavy atom. The molecule has 0 radical (unpaired) electrons. The van der Waals surface area contributed by atoms with E-state index in [4.69, 9.17) is 10.5 Å². The summed E-state index contributed by atoms with van der Waals surface area (Å²) in [5.74, 6) is 0.0890. The monoisotopic (exact) mass is 252 g/mol. The van der Waals surface area contributed by atoms with Gasteiger partial charge in [0, 0.05) is 18.7 Å². The smallest absolute Gasteiger partial charge is 0.255 e. The molecule has 1 unspecified atom stereocenters. The van der Waals surface area contributed by atoms with Crippen molar-refractivity contribution in [3.05, 3.63) is 23.8 Å². The minimum absolute atomic E-state index is 0.0657. The van der Waals surface area contributed by atoms with E-state index in [1.165, 1.54) is 19.2 Å². The molecule has 1 atom stereocenters. The zero-order valence-electron chi connectivity index (χ0n) is 10.8. The number of amides is 1. The lowest BCUT2D eigenvalue weighted by Gasteiger charge is -2.16. The van der Waals surface area contributed by atoms with E-state index in [0.717, 1.165) is 12.8 Å². The van der Waals surface area contributed by atoms with Crippen molar-refractivity contribution in [2.75, 3.05) is 13.7 Å². The van der Waals surface area contributed by atoms with Gasteiger partial charge in [0.1, 0.15) is 11.5 Å². The highest BCUT2D eigenvalue weighted by atomic mass is 16.5. The first-order valence-corrected chi connectivity index (χ1v) is 6.00. The molecule has 1 amide bonds. The quantitative estimate of drug-likeness (QED) is 0.711. The summed E-state index contributed by atoms with van der Waals surface area (Å²) in [4.78, 5) is 11.9. The number of carbonyl (C=O) groups is 1. The highest BCUT2D eigenvalue weighted by molar-refractivity contribution is 5.97. The van der Waals surface area contributed by atoms with E-state index in [0.29, 0.717) is 12.3 Å². The maximum atomic E-state index is 11.9. The highest BCUT2D eigenvalue weighted by Gasteiger charge is 2.15. The van der Waals surface area contributed by atoms with Crippen LogP contribution in [0.2, 0.25) is 0 Å². The molecule has 0 bridgehead atoms. The average molecular weight is 252 g/mol. The number of hydrogen-bond donors (Lipinski definition) is 3. The molecule has 5 heteroatoms. The number of ether oxygens (including phenoxy) is 1. The van der Waals surface area contributed by atoms with Gasteiger partial charge in [-0.3, -0.25) is 4.79 Å². The third-order valence-electron chi connectivity index (χ3n) is 2.71. The van der Waals surface area contributed by atoms with Crippen molar-refractivity contribution >= 4 is 5.91 Å². The fraction of sp³-hybridized carbons (Fsp3) is 0.462. The number of nitrogens with one attached hydrogen (secondary N) is 1. The molecule has 0 aliphatic rings. The van der Waals surface area contributed by atoms with Crippen LogP contribution in [0.3, 0.4) is 0 Å². The summed E-state index contributed by atoms with van der Waals surface area (Å²) >= 11 is 0. The van der Waals surface area contributed by atoms with Crippen molar-refractivity contribution in [1.82, 2.24) is 5.32 Å². The van der Waals surface area contributed by atoms with Gasteiger partial charge < -0.3 is 20.9 Å². The first kappa shape index (κ1) is 14.3. The van der Waals surface area contributed by atoms with Gasteiger partial charge in [-0.05, 0) is 18.6 Å². The van der Waals surface area contributed by atoms with Gasteiger partial charge in [0.25, 0.3) is 5.91 Å². The molecule has 0 saturated heterocycles. The molecule has 0 aliphatic heterocycles. The molecule has 18 heavy (non-hydrogen) atoms. The molecule has 0 aliphatic carbocycles. The molecule has 5 nitrogen and oxygen atoms in total. The number of benzene rings is 1. The maximum Gasteiger partial charge on any atom is 0.255 e. The van der Waals surface area contributed by atoms with Crippen LogP contribution in [0.4, 0.5) is 0 Å². The lowest BCUT2D eigenvalue weighted by Crippen LogP contribution is -2.40. The van der Waals surface area contributed by atoms with E-state index >= 15 is 0 Å². The second kappa shape index (κ2) is 6.86. The molecule has 1 aromatic carbocycles. The maximum absolute atomic E-state index is 11.9. The Labute approximate surface area is 107 Å². The Bertz CT molecular complexity index is 407. The predicted molar refractivity (Wildman–Crippen MR) is 69.9 cm³/mol. The number of nitrogens with two attached hydrogens (primary N) is 1. The molecule has 1 aromatic rings. The number of methoxy groups -OCH3 is 1. The fourth-order valence-electron chi connectivity index (χ4n) is 1.69. The third-order valence-corrected chi connectivity index (χ3v) is 2.71. The first-order valence-electron chi connectivity index (χ1n) is 6.00. The van der Waals surface area contributed by atoms with Gasteiger partial charge in [-0.2, -0.15) is 0 Å². The number of phenols is 1. The molecule has 0 fully saturated rings. The van der Waals surface area contributed by atoms with Gasteiger partial charge in [0.2, 0.25) is 0 Å². The fourth-order valence-corrected chi connectivity index (χ4v) is 1.69. The van der Waals surface area contributed by atoms with E-state index in [-0.39, 0.29) is 23.3 Å². The van der Waals surface area contributed by atoms with Crippen LogP contribution in [0.25, 0.3) is 0 Å². The third kappa shape index (κ3) is 3.63. The second-order valence-corrected chi connectivity index (χ2v) is 4.08. The van der Waals surface area contributed by atoms with Crippen molar-refractivity contribution in [3.8, 4) is 11.5 Å². The molecule has 1 rings (SSSR count). The minimum atomic E-state index is -0.320. The standard InChI is InChI=1S/C13H20N2O3/c1-3-4-9(8-14)15-13(17)11-6-5-10(18-2)7-12(11)16/h5-7,9,16H,3-4,8,14H2,1-2H3,(H,15,17). The lowest BCUT2D eigenvalue weighted by atomic mass is 10.1. The number of phenolic OH excluding ortho intramolecular Hbond substituents is 1. The van der Waals surface area contributed by atoms with Gasteiger partial charge in [0.15, 0.2) is 0 Å². The van der Waals surface area contributed by atoms with E-state index in [2.05, 4.69) is 5.32 Å². The zero-order chi connectivity index (χ0) is 13.5. The number of hydrogen-bond acceptors (Lipinski definition) is 4. The summed E-state index contributed by atoms with van der Waals surface area (Å²) in [6.07, 6.45) is 1.76. The van der Waals surface area contributed by atoms with Crippen molar-refractivity contribution in [1.29, 1.82) is 0 Å². The Balaban J connectivity index is 2.77. The van der Waals surface area contributed by atoms with Crippen molar-refractivity contribution < 1.29 is 14.6 Å². The Morgan fingerprint density at radius 1 is 1.56 bits per heavy atom. The van der Waals surface area contributed by atoms with E-state index in [1.807, 2.05) is 6.92 Å². The lowest BCUT2D eigenvalue weighted by molar-refractivity contribution is 0.0933. The molecule has 100 valence electrons. The molecule has 0 aromatic heterocycles. The van der Waals surface area contributed by atoms with Gasteiger partial charge >= 0.3 is 0 Å². The summed E-state index contributed by atoms with van der Waals surface area (Å²) in [6.45, 7) is 2.41. The average Bonchev–Trinajstić information content (AvgIpc) is 2.37. The predicted octanol–water partition coefficient (Wildman–Crippen LogP) is 1.26. The van der Waals surface area contributed by atoms with E-state index < -0.39 is 0 Å². The summed E-state index contributed by atoms with van der Waals surface area (Å²) in [5.41, 5.74) is 5.80. The van der Waals surface area contributed by atoms with E-state index in [1.54, 1.807) is 6.07 Å². The van der Waals surface area contributed by atoms with Crippen molar-refractivity contribution in [2.45, 2.75) is 25.8 Å². The SMILES string of the molecule is CCCC(CN)NC(=O)c1ccc(OC)cc1O. The summed E-state index contributed by atoms with van der Waals surface area (Å²) in [5, 5.41) is 12.5. The Morgan fingerprint density at radius 2 is 2.28 bits per heavy atom. The molecule has 0 saturated carbocycles. The Kier molecular flexibility index (Phi) is 5.45. The summed E-state index contributed by atoms with van der Waals surface area (Å²) < 4.78 is 4.96. The number of aromatic hydroxyl groups is 1. The zero-order valence-corrected chi connectivity index (χ0v) is 10.8. The van der Waals surface area contributed by atoms with Crippen LogP contribution in [-0.2, 0) is 0 Å². The van der Waals surface area contributed by atoms with E-state index in [9.17, 15) is 9.90 Å². The molecule has 0 spiro atoms. The largest absolute Gasteiger partial charge is 0.507 e. The topological polar surface area (TPSA) is 84.6 Å². The van der Waals surface area contributed by atoms with Crippen LogP contribution in [0, 0.1) is 0 Å². The highest BCUT2D eigenvalue weighted by Crippen LogP contribution is 2.23. The van der Waals surface area contributed by atoms with Crippen LogP contribution in [0.1, 0.15) is 30.1 Å². The van der Waals surface area contributed by atoms with Gasteiger partial charge in [-0.25, -0.2) is 0 Å². The number of rotatable bonds is 6. The van der Waals surface area contributed by atoms with Crippen LogP contribution >= 0.6 is 0 Å². The van der Waals surface area contributed by atoms with Crippen molar-refractivity contribution in [2.24, 2.45) is 5.73 Å². The molecular weight excluding hydrogens is 232 g/mol. The molecular formula is C13H20N2O3. The molecule has 0 heterocycles. The Hall–Kier alpha value is -1.75. The minimum Gasteiger partial charge on any atom is -0.507 e. The number of carbonyl (C=O) groups excluding carboxylic acids is 1.